The molecule has 2 saturated heterocycles. The highest BCUT2D eigenvalue weighted by Gasteiger charge is 2.31. The third-order valence-corrected chi connectivity index (χ3v) is 3.47. The van der Waals surface area contributed by atoms with E-state index in [4.69, 9.17) is 0 Å². The van der Waals surface area contributed by atoms with Crippen LogP contribution in [0.1, 0.15) is 6.92 Å². The molecule has 4 heteroatoms. The Hall–Kier alpha value is -0.160. The zero-order valence-electron chi connectivity index (χ0n) is 8.95. The van der Waals surface area contributed by atoms with Gasteiger partial charge in [-0.3, -0.25) is 4.90 Å². The highest BCUT2D eigenvalue weighted by molar-refractivity contribution is 4.90. The van der Waals surface area contributed by atoms with Gasteiger partial charge < -0.3 is 15.3 Å². The molecule has 0 bridgehead atoms. The molecule has 2 aliphatic rings. The molecule has 2 heterocycles. The zero-order valence-corrected chi connectivity index (χ0v) is 8.95. The number of nitrogens with one attached hydrogen (secondary N) is 1. The van der Waals surface area contributed by atoms with Crippen molar-refractivity contribution in [3.63, 3.8) is 0 Å². The molecule has 0 saturated carbocycles. The van der Waals surface area contributed by atoms with Crippen LogP contribution in [0.25, 0.3) is 0 Å². The minimum Gasteiger partial charge on any atom is -0.390 e. The predicted octanol–water partition coefficient (Wildman–Crippen LogP) is -1.04. The van der Waals surface area contributed by atoms with E-state index in [9.17, 15) is 5.11 Å². The van der Waals surface area contributed by atoms with Crippen LogP contribution in [0, 0.1) is 0 Å². The second-order valence-electron chi connectivity index (χ2n) is 4.26. The Morgan fingerprint density at radius 1 is 1.21 bits per heavy atom. The van der Waals surface area contributed by atoms with Gasteiger partial charge in [0.2, 0.25) is 0 Å². The van der Waals surface area contributed by atoms with E-state index in [-0.39, 0.29) is 6.10 Å². The Labute approximate surface area is 85.9 Å². The summed E-state index contributed by atoms with van der Waals surface area (Å²) in [4.78, 5) is 4.89. The summed E-state index contributed by atoms with van der Waals surface area (Å²) in [6.07, 6.45) is -0.164. The van der Waals surface area contributed by atoms with Crippen LogP contribution in [0.5, 0.6) is 0 Å². The summed E-state index contributed by atoms with van der Waals surface area (Å²) in [7, 11) is 0. The van der Waals surface area contributed by atoms with Crippen LogP contribution < -0.4 is 5.32 Å². The van der Waals surface area contributed by atoms with Crippen molar-refractivity contribution in [1.29, 1.82) is 0 Å². The maximum absolute atomic E-state index is 9.75. The number of nitrogens with zero attached hydrogens (tertiary/aromatic N) is 2. The Balaban J connectivity index is 1.82. The normalized spacial score (nSPS) is 36.4. The van der Waals surface area contributed by atoms with E-state index in [1.807, 2.05) is 0 Å². The lowest BCUT2D eigenvalue weighted by Crippen LogP contribution is -2.53. The van der Waals surface area contributed by atoms with Gasteiger partial charge in [-0.2, -0.15) is 0 Å². The first kappa shape index (κ1) is 10.4. The van der Waals surface area contributed by atoms with Crippen molar-refractivity contribution in [2.24, 2.45) is 0 Å². The van der Waals surface area contributed by atoms with Gasteiger partial charge in [0.1, 0.15) is 0 Å². The molecular formula is C10H21N3O. The maximum Gasteiger partial charge on any atom is 0.0831 e. The Morgan fingerprint density at radius 3 is 2.43 bits per heavy atom. The van der Waals surface area contributed by atoms with E-state index in [1.165, 1.54) is 0 Å². The van der Waals surface area contributed by atoms with Crippen molar-refractivity contribution in [2.45, 2.75) is 19.1 Å². The van der Waals surface area contributed by atoms with Crippen LogP contribution in [0.15, 0.2) is 0 Å². The van der Waals surface area contributed by atoms with E-state index >= 15 is 0 Å². The van der Waals surface area contributed by atoms with Gasteiger partial charge in [-0.05, 0) is 6.54 Å². The van der Waals surface area contributed by atoms with Gasteiger partial charge in [0.25, 0.3) is 0 Å². The molecule has 0 spiro atoms. The largest absolute Gasteiger partial charge is 0.390 e. The quantitative estimate of drug-likeness (QED) is 0.596. The fourth-order valence-electron chi connectivity index (χ4n) is 2.43. The van der Waals surface area contributed by atoms with E-state index in [1.54, 1.807) is 0 Å². The molecular weight excluding hydrogens is 178 g/mol. The SMILES string of the molecule is CCN1CCN([C@@H]2CNC[C@H]2O)CC1. The van der Waals surface area contributed by atoms with E-state index in [2.05, 4.69) is 22.0 Å². The first-order valence-corrected chi connectivity index (χ1v) is 5.66. The molecule has 0 aromatic rings. The first-order valence-electron chi connectivity index (χ1n) is 5.66. The van der Waals surface area contributed by atoms with Gasteiger partial charge in [0.05, 0.1) is 6.10 Å². The Morgan fingerprint density at radius 2 is 1.93 bits per heavy atom. The lowest BCUT2D eigenvalue weighted by Gasteiger charge is -2.38. The third-order valence-electron chi connectivity index (χ3n) is 3.47. The molecule has 2 N–H and O–H groups in total. The fourth-order valence-corrected chi connectivity index (χ4v) is 2.43. The average Bonchev–Trinajstić information content (AvgIpc) is 2.65. The molecule has 0 aliphatic carbocycles. The summed E-state index contributed by atoms with van der Waals surface area (Å²) >= 11 is 0. The summed E-state index contributed by atoms with van der Waals surface area (Å²) in [5.74, 6) is 0. The number of β-amino-alcohol motifs (C(OH)–C–C–N with tert-alkyl or cyclic N) is 1. The standard InChI is InChI=1S/C10H21N3O/c1-2-12-3-5-13(6-4-12)9-7-11-8-10(9)14/h9-11,14H,2-8H2,1H3/t9-,10-/m1/s1. The molecule has 2 atom stereocenters. The topological polar surface area (TPSA) is 38.7 Å². The van der Waals surface area contributed by atoms with Crippen molar-refractivity contribution in [3.8, 4) is 0 Å². The number of piperazine rings is 1. The highest BCUT2D eigenvalue weighted by atomic mass is 16.3. The van der Waals surface area contributed by atoms with Crippen molar-refractivity contribution in [1.82, 2.24) is 15.1 Å². The van der Waals surface area contributed by atoms with Crippen molar-refractivity contribution in [2.75, 3.05) is 45.8 Å². The number of hydrogen-bond donors (Lipinski definition) is 2. The van der Waals surface area contributed by atoms with E-state index in [0.717, 1.165) is 45.8 Å². The number of aliphatic hydroxyl groups is 1. The smallest absolute Gasteiger partial charge is 0.0831 e. The summed E-state index contributed by atoms with van der Waals surface area (Å²) in [6.45, 7) is 9.60. The number of aliphatic hydroxyl groups excluding tert-OH is 1. The molecule has 0 amide bonds. The molecule has 0 unspecified atom stereocenters. The monoisotopic (exact) mass is 199 g/mol. The van der Waals surface area contributed by atoms with Crippen molar-refractivity contribution in [3.05, 3.63) is 0 Å². The van der Waals surface area contributed by atoms with Crippen LogP contribution in [0.2, 0.25) is 0 Å². The molecule has 2 rings (SSSR count). The van der Waals surface area contributed by atoms with Gasteiger partial charge in [-0.25, -0.2) is 0 Å². The predicted molar refractivity (Wildman–Crippen MR) is 56.4 cm³/mol. The van der Waals surface area contributed by atoms with Crippen LogP contribution in [0.3, 0.4) is 0 Å². The second-order valence-corrected chi connectivity index (χ2v) is 4.26. The molecule has 0 radical (unpaired) electrons. The number of rotatable bonds is 2. The van der Waals surface area contributed by atoms with Crippen molar-refractivity contribution >= 4 is 0 Å². The van der Waals surface area contributed by atoms with Crippen LogP contribution in [-0.4, -0.2) is 72.9 Å². The minimum absolute atomic E-state index is 0.164. The van der Waals surface area contributed by atoms with Crippen LogP contribution in [-0.2, 0) is 0 Å². The minimum atomic E-state index is -0.164. The van der Waals surface area contributed by atoms with Gasteiger partial charge >= 0.3 is 0 Å². The lowest BCUT2D eigenvalue weighted by molar-refractivity contribution is 0.0460. The zero-order chi connectivity index (χ0) is 9.97. The molecule has 2 fully saturated rings. The van der Waals surface area contributed by atoms with Crippen LogP contribution >= 0.6 is 0 Å². The molecule has 0 aromatic carbocycles. The first-order chi connectivity index (χ1) is 6.81. The average molecular weight is 199 g/mol. The van der Waals surface area contributed by atoms with Gasteiger partial charge in [0, 0.05) is 45.3 Å². The molecule has 82 valence electrons. The van der Waals surface area contributed by atoms with Crippen molar-refractivity contribution < 1.29 is 5.11 Å². The Kier molecular flexibility index (Phi) is 3.38. The third kappa shape index (κ3) is 2.08. The number of hydrogen-bond acceptors (Lipinski definition) is 4. The number of likely N-dealkylation sites (N-methyl/N-ethyl adjacent to an activating group) is 1. The maximum atomic E-state index is 9.75. The Bertz CT molecular complexity index is 180. The summed E-state index contributed by atoms with van der Waals surface area (Å²) < 4.78 is 0. The molecule has 4 nitrogen and oxygen atoms in total. The molecule has 14 heavy (non-hydrogen) atoms. The van der Waals surface area contributed by atoms with Gasteiger partial charge in [-0.15, -0.1) is 0 Å². The summed E-state index contributed by atoms with van der Waals surface area (Å²) in [5, 5.41) is 13.0. The fraction of sp³-hybridized carbons (Fsp3) is 1.00. The molecule has 0 aromatic heterocycles. The molecule has 2 aliphatic heterocycles. The lowest BCUT2D eigenvalue weighted by atomic mass is 10.1. The summed E-state index contributed by atoms with van der Waals surface area (Å²) in [5.41, 5.74) is 0. The van der Waals surface area contributed by atoms with Gasteiger partial charge in [-0.1, -0.05) is 6.92 Å². The highest BCUT2D eigenvalue weighted by Crippen LogP contribution is 2.12. The van der Waals surface area contributed by atoms with E-state index < -0.39 is 0 Å². The summed E-state index contributed by atoms with van der Waals surface area (Å²) in [6, 6.07) is 0.356. The van der Waals surface area contributed by atoms with Crippen LogP contribution in [0.4, 0.5) is 0 Å². The van der Waals surface area contributed by atoms with Gasteiger partial charge in [0.15, 0.2) is 0 Å². The second kappa shape index (κ2) is 4.57. The van der Waals surface area contributed by atoms with E-state index in [0.29, 0.717) is 6.04 Å².